The molecule has 0 saturated heterocycles. The van der Waals surface area contributed by atoms with Crippen LogP contribution >= 0.6 is 11.6 Å². The Morgan fingerprint density at radius 1 is 1.24 bits per heavy atom. The van der Waals surface area contributed by atoms with E-state index in [1.807, 2.05) is 6.92 Å². The number of aryl methyl sites for hydroxylation is 1. The zero-order valence-corrected chi connectivity index (χ0v) is 18.6. The maximum absolute atomic E-state index is 13.1. The zero-order chi connectivity index (χ0) is 23.4. The van der Waals surface area contributed by atoms with Gasteiger partial charge in [-0.3, -0.25) is 14.0 Å². The molecule has 4 aromatic rings. The van der Waals surface area contributed by atoms with E-state index in [9.17, 15) is 14.9 Å². The van der Waals surface area contributed by atoms with Crippen LogP contribution in [0.15, 0.2) is 64.5 Å². The Morgan fingerprint density at radius 2 is 2.03 bits per heavy atom. The third-order valence-corrected chi connectivity index (χ3v) is 5.43. The SMILES string of the molecule is CCOCCCn1c(=NC(=O)c2ccccc2Cl)c(C#N)cc2c(=O)n3ccccc3nc21. The molecule has 3 aromatic heterocycles. The van der Waals surface area contributed by atoms with E-state index in [0.29, 0.717) is 37.5 Å². The normalized spacial score (nSPS) is 11.7. The Kier molecular flexibility index (Phi) is 6.63. The van der Waals surface area contributed by atoms with Gasteiger partial charge in [0.25, 0.3) is 11.5 Å². The number of rotatable bonds is 6. The van der Waals surface area contributed by atoms with Crippen LogP contribution in [0.25, 0.3) is 16.7 Å². The molecule has 0 aliphatic rings. The fraction of sp³-hybridized carbons (Fsp3) is 0.208. The van der Waals surface area contributed by atoms with Crippen LogP contribution in [0.2, 0.25) is 5.02 Å². The second kappa shape index (κ2) is 9.77. The number of amides is 1. The lowest BCUT2D eigenvalue weighted by Gasteiger charge is -2.13. The Bertz CT molecular complexity index is 1530. The number of ether oxygens (including phenoxy) is 1. The van der Waals surface area contributed by atoms with Gasteiger partial charge in [-0.1, -0.05) is 29.8 Å². The maximum atomic E-state index is 13.1. The van der Waals surface area contributed by atoms with Crippen molar-refractivity contribution < 1.29 is 9.53 Å². The molecule has 1 amide bonds. The Hall–Kier alpha value is -3.80. The van der Waals surface area contributed by atoms with Gasteiger partial charge in [-0.15, -0.1) is 0 Å². The van der Waals surface area contributed by atoms with Gasteiger partial charge in [0, 0.05) is 26.0 Å². The van der Waals surface area contributed by atoms with Crippen molar-refractivity contribution in [3.05, 3.63) is 86.7 Å². The van der Waals surface area contributed by atoms with Gasteiger partial charge in [0.1, 0.15) is 17.4 Å². The topological polar surface area (TPSA) is 102 Å². The number of fused-ring (bicyclic) bond motifs is 2. The zero-order valence-electron chi connectivity index (χ0n) is 17.9. The minimum absolute atomic E-state index is 0.0918. The number of carbonyl (C=O) groups is 1. The van der Waals surface area contributed by atoms with E-state index in [-0.39, 0.29) is 32.6 Å². The molecule has 0 saturated carbocycles. The van der Waals surface area contributed by atoms with Crippen molar-refractivity contribution in [3.63, 3.8) is 0 Å². The summed E-state index contributed by atoms with van der Waals surface area (Å²) in [6.07, 6.45) is 2.19. The third kappa shape index (κ3) is 4.42. The number of hydrogen-bond acceptors (Lipinski definition) is 5. The summed E-state index contributed by atoms with van der Waals surface area (Å²) >= 11 is 6.17. The summed E-state index contributed by atoms with van der Waals surface area (Å²) in [7, 11) is 0. The highest BCUT2D eigenvalue weighted by atomic mass is 35.5. The van der Waals surface area contributed by atoms with Crippen molar-refractivity contribution in [1.82, 2.24) is 14.0 Å². The first-order valence-corrected chi connectivity index (χ1v) is 10.8. The number of nitrogens with zero attached hydrogens (tertiary/aromatic N) is 5. The van der Waals surface area contributed by atoms with Gasteiger partial charge in [-0.2, -0.15) is 10.3 Å². The summed E-state index contributed by atoms with van der Waals surface area (Å²) in [4.78, 5) is 35.0. The molecule has 0 unspecified atom stereocenters. The van der Waals surface area contributed by atoms with Gasteiger partial charge in [0.05, 0.1) is 21.5 Å². The van der Waals surface area contributed by atoms with Crippen molar-refractivity contribution in [1.29, 1.82) is 5.26 Å². The van der Waals surface area contributed by atoms with Crippen LogP contribution in [0.1, 0.15) is 29.3 Å². The molecule has 4 rings (SSSR count). The number of halogens is 1. The fourth-order valence-electron chi connectivity index (χ4n) is 3.55. The summed E-state index contributed by atoms with van der Waals surface area (Å²) in [5.41, 5.74) is 0.909. The van der Waals surface area contributed by atoms with E-state index >= 15 is 0 Å². The van der Waals surface area contributed by atoms with Crippen LogP contribution in [0.4, 0.5) is 0 Å². The maximum Gasteiger partial charge on any atom is 0.280 e. The first kappa shape index (κ1) is 22.4. The van der Waals surface area contributed by atoms with Crippen LogP contribution in [0, 0.1) is 11.3 Å². The molecule has 0 radical (unpaired) electrons. The van der Waals surface area contributed by atoms with E-state index in [1.165, 1.54) is 10.5 Å². The van der Waals surface area contributed by atoms with Gasteiger partial charge in [-0.05, 0) is 43.7 Å². The van der Waals surface area contributed by atoms with Gasteiger partial charge in [0.2, 0.25) is 0 Å². The molecular weight excluding hydrogens is 442 g/mol. The minimum Gasteiger partial charge on any atom is -0.382 e. The standard InChI is InChI=1S/C24H20ClN5O3/c1-2-33-13-7-12-30-21(28-23(31)17-8-3-4-9-19(17)25)16(15-26)14-18-22(30)27-20-10-5-6-11-29(20)24(18)32/h3-6,8-11,14H,2,7,12-13H2,1H3. The summed E-state index contributed by atoms with van der Waals surface area (Å²) in [6, 6.07) is 15.3. The monoisotopic (exact) mass is 461 g/mol. The Morgan fingerprint density at radius 3 is 2.79 bits per heavy atom. The lowest BCUT2D eigenvalue weighted by Crippen LogP contribution is -2.30. The van der Waals surface area contributed by atoms with Gasteiger partial charge >= 0.3 is 0 Å². The number of hydrogen-bond donors (Lipinski definition) is 0. The predicted molar refractivity (Wildman–Crippen MR) is 124 cm³/mol. The molecule has 8 nitrogen and oxygen atoms in total. The minimum atomic E-state index is -0.590. The molecule has 3 heterocycles. The predicted octanol–water partition coefficient (Wildman–Crippen LogP) is 3.34. The molecule has 0 bridgehead atoms. The van der Waals surface area contributed by atoms with Crippen LogP contribution < -0.4 is 11.0 Å². The fourth-order valence-corrected chi connectivity index (χ4v) is 3.77. The smallest absolute Gasteiger partial charge is 0.280 e. The molecule has 0 aliphatic heterocycles. The van der Waals surface area contributed by atoms with Gasteiger partial charge < -0.3 is 9.30 Å². The van der Waals surface area contributed by atoms with E-state index in [1.54, 1.807) is 53.2 Å². The largest absolute Gasteiger partial charge is 0.382 e. The number of nitriles is 1. The molecular formula is C24H20ClN5O3. The van der Waals surface area contributed by atoms with E-state index in [4.69, 9.17) is 16.3 Å². The average Bonchev–Trinajstić information content (AvgIpc) is 2.83. The van der Waals surface area contributed by atoms with Crippen molar-refractivity contribution in [3.8, 4) is 6.07 Å². The summed E-state index contributed by atoms with van der Waals surface area (Å²) in [5, 5.41) is 10.4. The highest BCUT2D eigenvalue weighted by Crippen LogP contribution is 2.16. The van der Waals surface area contributed by atoms with E-state index in [0.717, 1.165) is 0 Å². The number of carbonyl (C=O) groups excluding carboxylic acids is 1. The lowest BCUT2D eigenvalue weighted by atomic mass is 10.2. The van der Waals surface area contributed by atoms with Crippen LogP contribution in [0.5, 0.6) is 0 Å². The first-order chi connectivity index (χ1) is 16.0. The van der Waals surface area contributed by atoms with Crippen molar-refractivity contribution >= 4 is 34.2 Å². The molecule has 0 atom stereocenters. The van der Waals surface area contributed by atoms with Crippen LogP contribution in [-0.2, 0) is 11.3 Å². The highest BCUT2D eigenvalue weighted by Gasteiger charge is 2.16. The van der Waals surface area contributed by atoms with Crippen LogP contribution in [0.3, 0.4) is 0 Å². The second-order valence-corrected chi connectivity index (χ2v) is 7.58. The number of benzene rings is 1. The highest BCUT2D eigenvalue weighted by molar-refractivity contribution is 6.33. The van der Waals surface area contributed by atoms with Crippen LogP contribution in [-0.4, -0.2) is 33.1 Å². The molecule has 0 spiro atoms. The molecule has 1 aromatic carbocycles. The first-order valence-electron chi connectivity index (χ1n) is 10.4. The summed E-state index contributed by atoms with van der Waals surface area (Å²) in [5.74, 6) is -0.590. The third-order valence-electron chi connectivity index (χ3n) is 5.10. The molecule has 33 heavy (non-hydrogen) atoms. The molecule has 0 aliphatic carbocycles. The molecule has 9 heteroatoms. The van der Waals surface area contributed by atoms with Gasteiger partial charge in [0.15, 0.2) is 5.49 Å². The number of aromatic nitrogens is 3. The Balaban J connectivity index is 2.02. The Labute approximate surface area is 194 Å². The molecule has 0 fully saturated rings. The molecule has 166 valence electrons. The summed E-state index contributed by atoms with van der Waals surface area (Å²) in [6.45, 7) is 3.27. The molecule has 0 N–H and O–H groups in total. The average molecular weight is 462 g/mol. The van der Waals surface area contributed by atoms with Crippen molar-refractivity contribution in [2.24, 2.45) is 4.99 Å². The summed E-state index contributed by atoms with van der Waals surface area (Å²) < 4.78 is 8.50. The van der Waals surface area contributed by atoms with Crippen molar-refractivity contribution in [2.45, 2.75) is 19.9 Å². The van der Waals surface area contributed by atoms with Crippen molar-refractivity contribution in [2.75, 3.05) is 13.2 Å². The number of pyridine rings is 2. The quantitative estimate of drug-likeness (QED) is 0.323. The van der Waals surface area contributed by atoms with E-state index < -0.39 is 5.91 Å². The van der Waals surface area contributed by atoms with E-state index in [2.05, 4.69) is 16.0 Å². The van der Waals surface area contributed by atoms with Gasteiger partial charge in [-0.25, -0.2) is 4.98 Å². The lowest BCUT2D eigenvalue weighted by molar-refractivity contribution is 0.0997. The second-order valence-electron chi connectivity index (χ2n) is 7.18.